The van der Waals surface area contributed by atoms with E-state index in [0.717, 1.165) is 13.0 Å². The molecule has 0 radical (unpaired) electrons. The molecule has 1 saturated heterocycles. The molecule has 5 heteroatoms. The average molecular weight is 150 g/mol. The summed E-state index contributed by atoms with van der Waals surface area (Å²) in [4.78, 5) is 0. The Bertz CT molecular complexity index is 143. The van der Waals surface area contributed by atoms with Crippen LogP contribution in [0.4, 0.5) is 0 Å². The maximum absolute atomic E-state index is 10.3. The molecule has 1 aliphatic heterocycles. The first-order valence-electron chi connectivity index (χ1n) is 2.90. The summed E-state index contributed by atoms with van der Waals surface area (Å²) < 4.78 is 22.0. The first-order chi connectivity index (χ1) is 4.30. The molecule has 1 N–H and O–H groups in total. The van der Waals surface area contributed by atoms with Crippen molar-refractivity contribution in [3.63, 3.8) is 0 Å². The predicted molar refractivity (Wildman–Crippen MR) is 34.5 cm³/mol. The molecule has 0 aromatic heterocycles. The van der Waals surface area contributed by atoms with Gasteiger partial charge in [0.1, 0.15) is 0 Å². The molecule has 0 bridgehead atoms. The fourth-order valence-electron chi connectivity index (χ4n) is 0.813. The molecule has 0 amide bonds. The lowest BCUT2D eigenvalue weighted by atomic mass is 10.4. The zero-order valence-corrected chi connectivity index (χ0v) is 5.93. The summed E-state index contributed by atoms with van der Waals surface area (Å²) in [5.41, 5.74) is 0. The Labute approximate surface area is 55.9 Å². The van der Waals surface area contributed by atoms with Gasteiger partial charge in [0.15, 0.2) is 0 Å². The van der Waals surface area contributed by atoms with E-state index in [4.69, 9.17) is 0 Å². The van der Waals surface area contributed by atoms with Crippen LogP contribution in [0.15, 0.2) is 0 Å². The average Bonchev–Trinajstić information content (AvgIpc) is 1.90. The van der Waals surface area contributed by atoms with Gasteiger partial charge in [-0.15, -0.1) is 0 Å². The molecule has 9 heavy (non-hydrogen) atoms. The van der Waals surface area contributed by atoms with Crippen LogP contribution in [-0.2, 0) is 10.9 Å². The van der Waals surface area contributed by atoms with Gasteiger partial charge in [-0.25, -0.2) is 8.42 Å². The number of thiol groups is 1. The van der Waals surface area contributed by atoms with E-state index in [1.54, 1.807) is 0 Å². The van der Waals surface area contributed by atoms with Crippen molar-refractivity contribution in [3.8, 4) is 0 Å². The highest BCUT2D eigenvalue weighted by Gasteiger charge is 2.09. The molecule has 1 rings (SSSR count). The molecule has 0 aromatic rings. The van der Waals surface area contributed by atoms with E-state index >= 15 is 0 Å². The third-order valence-electron chi connectivity index (χ3n) is 1.30. The van der Waals surface area contributed by atoms with Gasteiger partial charge in [0.2, 0.25) is 10.9 Å². The standard InChI is InChI=1S/C4H10N2O2S/c7-9(8)6-3-1-2-5-4-6/h5,9H,1-4H2. The Morgan fingerprint density at radius 2 is 2.22 bits per heavy atom. The zero-order chi connectivity index (χ0) is 6.69. The van der Waals surface area contributed by atoms with Crippen LogP contribution in [0.2, 0.25) is 0 Å². The van der Waals surface area contributed by atoms with Crippen molar-refractivity contribution in [1.82, 2.24) is 9.62 Å². The molecule has 1 aliphatic rings. The lowest BCUT2D eigenvalue weighted by Gasteiger charge is -2.20. The van der Waals surface area contributed by atoms with Crippen molar-refractivity contribution in [2.24, 2.45) is 0 Å². The summed E-state index contributed by atoms with van der Waals surface area (Å²) >= 11 is 0. The van der Waals surface area contributed by atoms with Crippen molar-refractivity contribution in [1.29, 1.82) is 0 Å². The highest BCUT2D eigenvalue weighted by molar-refractivity contribution is 7.69. The van der Waals surface area contributed by atoms with Crippen LogP contribution in [0.3, 0.4) is 0 Å². The Balaban J connectivity index is 2.40. The minimum Gasteiger partial charge on any atom is -0.303 e. The van der Waals surface area contributed by atoms with Gasteiger partial charge >= 0.3 is 0 Å². The third-order valence-corrected chi connectivity index (χ3v) is 2.10. The van der Waals surface area contributed by atoms with Crippen molar-refractivity contribution in [2.75, 3.05) is 19.8 Å². The topological polar surface area (TPSA) is 49.4 Å². The Hall–Kier alpha value is -0.130. The molecule has 0 unspecified atom stereocenters. The Morgan fingerprint density at radius 3 is 2.56 bits per heavy atom. The quantitative estimate of drug-likeness (QED) is 0.460. The second-order valence-electron chi connectivity index (χ2n) is 1.98. The van der Waals surface area contributed by atoms with Gasteiger partial charge in [0.25, 0.3) is 0 Å². The zero-order valence-electron chi connectivity index (χ0n) is 5.04. The van der Waals surface area contributed by atoms with Gasteiger partial charge in [-0.2, -0.15) is 4.31 Å². The molecule has 0 spiro atoms. The van der Waals surface area contributed by atoms with E-state index < -0.39 is 10.9 Å². The molecule has 4 nitrogen and oxygen atoms in total. The second kappa shape index (κ2) is 3.14. The third kappa shape index (κ3) is 1.92. The maximum atomic E-state index is 10.3. The van der Waals surface area contributed by atoms with Crippen molar-refractivity contribution in [2.45, 2.75) is 6.42 Å². The molecular formula is C4H10N2O2S. The van der Waals surface area contributed by atoms with Gasteiger partial charge in [-0.05, 0) is 13.0 Å². The first kappa shape index (κ1) is 6.98. The van der Waals surface area contributed by atoms with Crippen molar-refractivity contribution < 1.29 is 8.42 Å². The molecule has 1 heterocycles. The predicted octanol–water partition coefficient (Wildman–Crippen LogP) is -1.23. The number of nitrogens with one attached hydrogen (secondary N) is 1. The largest absolute Gasteiger partial charge is 0.303 e. The minimum absolute atomic E-state index is 0.485. The first-order valence-corrected chi connectivity index (χ1v) is 4.04. The second-order valence-corrected chi connectivity index (χ2v) is 3.02. The summed E-state index contributed by atoms with van der Waals surface area (Å²) in [6, 6.07) is 0. The van der Waals surface area contributed by atoms with Gasteiger partial charge in [-0.3, -0.25) is 0 Å². The maximum Gasteiger partial charge on any atom is 0.205 e. The summed E-state index contributed by atoms with van der Waals surface area (Å²) in [7, 11) is -2.35. The minimum atomic E-state index is -2.35. The Kier molecular flexibility index (Phi) is 2.44. The number of rotatable bonds is 1. The van der Waals surface area contributed by atoms with E-state index in [1.165, 1.54) is 4.31 Å². The summed E-state index contributed by atoms with van der Waals surface area (Å²) in [6.07, 6.45) is 0.920. The smallest absolute Gasteiger partial charge is 0.205 e. The monoisotopic (exact) mass is 150 g/mol. The highest BCUT2D eigenvalue weighted by Crippen LogP contribution is 1.93. The van der Waals surface area contributed by atoms with Crippen LogP contribution in [-0.4, -0.2) is 32.5 Å². The summed E-state index contributed by atoms with van der Waals surface area (Å²) in [5, 5.41) is 2.96. The number of hydrogen-bond acceptors (Lipinski definition) is 3. The van der Waals surface area contributed by atoms with Crippen molar-refractivity contribution >= 4 is 10.9 Å². The van der Waals surface area contributed by atoms with Gasteiger partial charge < -0.3 is 5.32 Å². The summed E-state index contributed by atoms with van der Waals surface area (Å²) in [5.74, 6) is 0. The van der Waals surface area contributed by atoms with Gasteiger partial charge in [0.05, 0.1) is 6.67 Å². The molecule has 0 aliphatic carbocycles. The van der Waals surface area contributed by atoms with Crippen LogP contribution in [0.5, 0.6) is 0 Å². The highest BCUT2D eigenvalue weighted by atomic mass is 32.2. The molecule has 0 saturated carbocycles. The van der Waals surface area contributed by atoms with E-state index in [-0.39, 0.29) is 0 Å². The lowest BCUT2D eigenvalue weighted by molar-refractivity contribution is 0.339. The van der Waals surface area contributed by atoms with Gasteiger partial charge in [0, 0.05) is 6.54 Å². The lowest BCUT2D eigenvalue weighted by Crippen LogP contribution is -2.40. The fraction of sp³-hybridized carbons (Fsp3) is 1.00. The molecule has 0 atom stereocenters. The summed E-state index contributed by atoms with van der Waals surface area (Å²) in [6.45, 7) is 2.09. The van der Waals surface area contributed by atoms with Crippen LogP contribution in [0.25, 0.3) is 0 Å². The fourth-order valence-corrected chi connectivity index (χ4v) is 1.33. The van der Waals surface area contributed by atoms with Crippen LogP contribution >= 0.6 is 0 Å². The normalized spacial score (nSPS) is 22.8. The molecule has 0 aromatic carbocycles. The molecule has 54 valence electrons. The van der Waals surface area contributed by atoms with E-state index in [1.807, 2.05) is 0 Å². The van der Waals surface area contributed by atoms with E-state index in [9.17, 15) is 8.42 Å². The van der Waals surface area contributed by atoms with Crippen LogP contribution in [0, 0.1) is 0 Å². The molecular weight excluding hydrogens is 140 g/mol. The molecule has 1 fully saturated rings. The van der Waals surface area contributed by atoms with E-state index in [0.29, 0.717) is 13.2 Å². The number of nitrogens with zero attached hydrogens (tertiary/aromatic N) is 1. The SMILES string of the molecule is O=[SH](=O)N1CCCNC1. The van der Waals surface area contributed by atoms with E-state index in [2.05, 4.69) is 5.32 Å². The van der Waals surface area contributed by atoms with Crippen molar-refractivity contribution in [3.05, 3.63) is 0 Å². The van der Waals surface area contributed by atoms with Crippen LogP contribution < -0.4 is 5.32 Å². The number of hydrogen-bond donors (Lipinski definition) is 2. The Morgan fingerprint density at radius 1 is 1.44 bits per heavy atom. The van der Waals surface area contributed by atoms with Gasteiger partial charge in [-0.1, -0.05) is 0 Å². The van der Waals surface area contributed by atoms with Crippen LogP contribution in [0.1, 0.15) is 6.42 Å².